The molecule has 94 valence electrons. The first kappa shape index (κ1) is 13.4. The lowest BCUT2D eigenvalue weighted by molar-refractivity contribution is -0.127. The van der Waals surface area contributed by atoms with Gasteiger partial charge in [-0.25, -0.2) is 0 Å². The Morgan fingerprint density at radius 3 is 2.75 bits per heavy atom. The van der Waals surface area contributed by atoms with E-state index in [1.165, 1.54) is 0 Å². The number of carbonyl (C=O) groups excluding carboxylic acids is 1. The van der Waals surface area contributed by atoms with E-state index in [1.54, 1.807) is 0 Å². The summed E-state index contributed by atoms with van der Waals surface area (Å²) >= 11 is 0. The fourth-order valence-electron chi connectivity index (χ4n) is 1.80. The van der Waals surface area contributed by atoms with Gasteiger partial charge in [0.05, 0.1) is 12.5 Å². The Kier molecular flexibility index (Phi) is 4.70. The number of amides is 1. The average Bonchev–Trinajstić information content (AvgIpc) is 2.63. The summed E-state index contributed by atoms with van der Waals surface area (Å²) < 4.78 is 5.10. The molecule has 1 amide bonds. The van der Waals surface area contributed by atoms with Gasteiger partial charge in [-0.1, -0.05) is 13.8 Å². The molecule has 2 atom stereocenters. The molecule has 0 saturated carbocycles. The lowest BCUT2D eigenvalue weighted by atomic mass is 9.94. The van der Waals surface area contributed by atoms with Gasteiger partial charge in [-0.05, 0) is 5.92 Å². The van der Waals surface area contributed by atoms with Gasteiger partial charge in [0.1, 0.15) is 5.60 Å². The van der Waals surface area contributed by atoms with Crippen LogP contribution in [0, 0.1) is 11.8 Å². The molecule has 0 bridgehead atoms. The molecule has 0 aromatic carbocycles. The van der Waals surface area contributed by atoms with Crippen molar-refractivity contribution in [2.24, 2.45) is 17.6 Å². The van der Waals surface area contributed by atoms with Crippen LogP contribution in [0.3, 0.4) is 0 Å². The van der Waals surface area contributed by atoms with Crippen LogP contribution in [0.15, 0.2) is 0 Å². The fraction of sp³-hybridized carbons (Fsp3) is 0.909. The largest absolute Gasteiger partial charge is 0.386 e. The molecule has 1 fully saturated rings. The Balaban J connectivity index is 2.39. The van der Waals surface area contributed by atoms with E-state index < -0.39 is 5.60 Å². The third kappa shape index (κ3) is 3.43. The molecule has 5 nitrogen and oxygen atoms in total. The summed E-state index contributed by atoms with van der Waals surface area (Å²) in [6.45, 7) is 5.35. The molecule has 0 aromatic rings. The SMILES string of the molecule is CC(C)C(CN)C(=O)NCC1(O)CCOC1. The van der Waals surface area contributed by atoms with E-state index in [9.17, 15) is 9.90 Å². The van der Waals surface area contributed by atoms with Crippen molar-refractivity contribution < 1.29 is 14.6 Å². The zero-order valence-corrected chi connectivity index (χ0v) is 10.0. The molecule has 0 spiro atoms. The monoisotopic (exact) mass is 230 g/mol. The van der Waals surface area contributed by atoms with Gasteiger partial charge in [-0.3, -0.25) is 4.79 Å². The summed E-state index contributed by atoms with van der Waals surface area (Å²) in [5.74, 6) is -0.0665. The summed E-state index contributed by atoms with van der Waals surface area (Å²) in [5, 5.41) is 12.7. The van der Waals surface area contributed by atoms with Gasteiger partial charge in [0, 0.05) is 26.1 Å². The normalized spacial score (nSPS) is 27.1. The molecule has 0 aromatic heterocycles. The molecular formula is C11H22N2O3. The summed E-state index contributed by atoms with van der Waals surface area (Å²) in [6.07, 6.45) is 0.572. The lowest BCUT2D eigenvalue weighted by Gasteiger charge is -2.24. The molecule has 5 heteroatoms. The van der Waals surface area contributed by atoms with E-state index in [1.807, 2.05) is 13.8 Å². The highest BCUT2D eigenvalue weighted by Gasteiger charge is 2.33. The quantitative estimate of drug-likeness (QED) is 0.593. The Labute approximate surface area is 96.3 Å². The molecule has 1 aliphatic rings. The van der Waals surface area contributed by atoms with Crippen molar-refractivity contribution in [3.05, 3.63) is 0 Å². The second-order valence-electron chi connectivity index (χ2n) is 4.83. The number of nitrogens with one attached hydrogen (secondary N) is 1. The Morgan fingerprint density at radius 1 is 1.62 bits per heavy atom. The van der Waals surface area contributed by atoms with E-state index in [2.05, 4.69) is 5.32 Å². The van der Waals surface area contributed by atoms with Crippen molar-refractivity contribution in [3.8, 4) is 0 Å². The van der Waals surface area contributed by atoms with Gasteiger partial charge in [-0.15, -0.1) is 0 Å². The first-order valence-electron chi connectivity index (χ1n) is 5.76. The van der Waals surface area contributed by atoms with Crippen molar-refractivity contribution in [3.63, 3.8) is 0 Å². The first-order chi connectivity index (χ1) is 7.48. The summed E-state index contributed by atoms with van der Waals surface area (Å²) in [6, 6.07) is 0. The highest BCUT2D eigenvalue weighted by Crippen LogP contribution is 2.17. The highest BCUT2D eigenvalue weighted by molar-refractivity contribution is 5.79. The second-order valence-corrected chi connectivity index (χ2v) is 4.83. The molecule has 0 radical (unpaired) electrons. The smallest absolute Gasteiger partial charge is 0.224 e. The van der Waals surface area contributed by atoms with Gasteiger partial charge in [0.25, 0.3) is 0 Å². The van der Waals surface area contributed by atoms with E-state index in [-0.39, 0.29) is 24.3 Å². The number of nitrogens with two attached hydrogens (primary N) is 1. The van der Waals surface area contributed by atoms with E-state index in [0.29, 0.717) is 26.2 Å². The molecule has 1 rings (SSSR count). The maximum Gasteiger partial charge on any atom is 0.224 e. The van der Waals surface area contributed by atoms with Gasteiger partial charge >= 0.3 is 0 Å². The number of rotatable bonds is 5. The maximum absolute atomic E-state index is 11.8. The number of ether oxygens (including phenoxy) is 1. The van der Waals surface area contributed by atoms with Crippen LogP contribution < -0.4 is 11.1 Å². The predicted octanol–water partition coefficient (Wildman–Crippen LogP) is -0.515. The van der Waals surface area contributed by atoms with Crippen LogP contribution in [-0.4, -0.2) is 42.9 Å². The second kappa shape index (κ2) is 5.61. The van der Waals surface area contributed by atoms with Crippen LogP contribution in [0.2, 0.25) is 0 Å². The minimum absolute atomic E-state index is 0.0853. The maximum atomic E-state index is 11.8. The number of hydrogen-bond acceptors (Lipinski definition) is 4. The van der Waals surface area contributed by atoms with Crippen molar-refractivity contribution in [2.75, 3.05) is 26.3 Å². The van der Waals surface area contributed by atoms with Gasteiger partial charge in [0.15, 0.2) is 0 Å². The Bertz CT molecular complexity index is 237. The van der Waals surface area contributed by atoms with Crippen LogP contribution in [-0.2, 0) is 9.53 Å². The predicted molar refractivity (Wildman–Crippen MR) is 60.8 cm³/mol. The average molecular weight is 230 g/mol. The van der Waals surface area contributed by atoms with Gasteiger partial charge < -0.3 is 20.9 Å². The van der Waals surface area contributed by atoms with Gasteiger partial charge in [-0.2, -0.15) is 0 Å². The number of aliphatic hydroxyl groups is 1. The summed E-state index contributed by atoms with van der Waals surface area (Å²) in [7, 11) is 0. The van der Waals surface area contributed by atoms with E-state index in [4.69, 9.17) is 10.5 Å². The van der Waals surface area contributed by atoms with Gasteiger partial charge in [0.2, 0.25) is 5.91 Å². The lowest BCUT2D eigenvalue weighted by Crippen LogP contribution is -2.47. The molecule has 4 N–H and O–H groups in total. The molecule has 1 heterocycles. The van der Waals surface area contributed by atoms with Crippen molar-refractivity contribution in [1.29, 1.82) is 0 Å². The Morgan fingerprint density at radius 2 is 2.31 bits per heavy atom. The van der Waals surface area contributed by atoms with Crippen LogP contribution >= 0.6 is 0 Å². The number of carbonyl (C=O) groups is 1. The minimum Gasteiger partial charge on any atom is -0.386 e. The molecule has 1 aliphatic heterocycles. The fourth-order valence-corrected chi connectivity index (χ4v) is 1.80. The van der Waals surface area contributed by atoms with Crippen molar-refractivity contribution >= 4 is 5.91 Å². The van der Waals surface area contributed by atoms with Crippen LogP contribution in [0.4, 0.5) is 0 Å². The van der Waals surface area contributed by atoms with E-state index >= 15 is 0 Å². The molecular weight excluding hydrogens is 208 g/mol. The zero-order valence-electron chi connectivity index (χ0n) is 10.0. The summed E-state index contributed by atoms with van der Waals surface area (Å²) in [5.41, 5.74) is 4.65. The highest BCUT2D eigenvalue weighted by atomic mass is 16.5. The molecule has 0 aliphatic carbocycles. The first-order valence-corrected chi connectivity index (χ1v) is 5.76. The van der Waals surface area contributed by atoms with Crippen molar-refractivity contribution in [2.45, 2.75) is 25.9 Å². The van der Waals surface area contributed by atoms with Crippen LogP contribution in [0.1, 0.15) is 20.3 Å². The topological polar surface area (TPSA) is 84.6 Å². The summed E-state index contributed by atoms with van der Waals surface area (Å²) in [4.78, 5) is 11.8. The van der Waals surface area contributed by atoms with Crippen molar-refractivity contribution in [1.82, 2.24) is 5.32 Å². The zero-order chi connectivity index (χ0) is 12.2. The molecule has 2 unspecified atom stereocenters. The minimum atomic E-state index is -0.897. The molecule has 1 saturated heterocycles. The van der Waals surface area contributed by atoms with Crippen LogP contribution in [0.25, 0.3) is 0 Å². The van der Waals surface area contributed by atoms with E-state index in [0.717, 1.165) is 0 Å². The third-order valence-corrected chi connectivity index (χ3v) is 3.07. The van der Waals surface area contributed by atoms with Crippen LogP contribution in [0.5, 0.6) is 0 Å². The third-order valence-electron chi connectivity index (χ3n) is 3.07. The molecule has 16 heavy (non-hydrogen) atoms. The standard InChI is InChI=1S/C11H22N2O3/c1-8(2)9(5-12)10(14)13-6-11(15)3-4-16-7-11/h8-9,15H,3-7,12H2,1-2H3,(H,13,14). The Hall–Kier alpha value is -0.650. The number of hydrogen-bond donors (Lipinski definition) is 3.